The number of para-hydroxylation sites is 2. The van der Waals surface area contributed by atoms with E-state index in [2.05, 4.69) is 206 Å². The molecular formula is C64H42N4. The molecule has 0 spiro atoms. The van der Waals surface area contributed by atoms with Gasteiger partial charge in [-0.25, -0.2) is 21.3 Å². The number of rotatable bonds is 5. The third-order valence-corrected chi connectivity index (χ3v) is 14.3. The maximum Gasteiger partial charge on any atom is 0.0772 e. The average molecular weight is 867 g/mol. The number of fused-ring (bicyclic) bond motifs is 8. The van der Waals surface area contributed by atoms with Crippen LogP contribution < -0.4 is 21.3 Å². The van der Waals surface area contributed by atoms with Gasteiger partial charge in [0.2, 0.25) is 0 Å². The second kappa shape index (κ2) is 15.5. The fraction of sp³-hybridized carbons (Fsp3) is 0.0625. The summed E-state index contributed by atoms with van der Waals surface area (Å²) < 4.78 is 0. The molecule has 0 N–H and O–H groups in total. The Balaban J connectivity index is 0.940. The molecule has 10 aromatic carbocycles. The molecule has 0 atom stereocenters. The first kappa shape index (κ1) is 38.6. The van der Waals surface area contributed by atoms with E-state index in [-0.39, 0.29) is 0 Å². The Kier molecular flexibility index (Phi) is 8.81. The van der Waals surface area contributed by atoms with Crippen LogP contribution in [-0.4, -0.2) is 0 Å². The molecule has 0 amide bonds. The van der Waals surface area contributed by atoms with E-state index >= 15 is 0 Å². The zero-order valence-electron chi connectivity index (χ0n) is 37.2. The maximum atomic E-state index is 5.85. The minimum absolute atomic E-state index is 0.761. The van der Waals surface area contributed by atoms with Gasteiger partial charge in [0.25, 0.3) is 0 Å². The normalized spacial score (nSPS) is 13.2. The van der Waals surface area contributed by atoms with E-state index in [0.717, 1.165) is 116 Å². The first-order valence-corrected chi connectivity index (χ1v) is 23.6. The molecule has 0 fully saturated rings. The zero-order valence-corrected chi connectivity index (χ0v) is 37.2. The van der Waals surface area contributed by atoms with Crippen molar-refractivity contribution >= 4 is 45.5 Å². The Bertz CT molecular complexity index is 3420. The van der Waals surface area contributed by atoms with E-state index in [1.165, 1.54) is 55.6 Å². The molecule has 0 bridgehead atoms. The fourth-order valence-electron chi connectivity index (χ4n) is 11.3. The molecule has 4 heterocycles. The Morgan fingerprint density at radius 3 is 0.750 bits per heavy atom. The molecule has 0 aliphatic carbocycles. The Hall–Kier alpha value is -8.60. The van der Waals surface area contributed by atoms with E-state index in [9.17, 15) is 0 Å². The van der Waals surface area contributed by atoms with E-state index < -0.39 is 0 Å². The summed E-state index contributed by atoms with van der Waals surface area (Å²) in [5, 5.41) is 22.9. The quantitative estimate of drug-likeness (QED) is 0.165. The first-order valence-electron chi connectivity index (χ1n) is 23.6. The fourth-order valence-corrected chi connectivity index (χ4v) is 11.3. The van der Waals surface area contributed by atoms with Crippen LogP contribution in [0.1, 0.15) is 44.5 Å². The van der Waals surface area contributed by atoms with Crippen molar-refractivity contribution in [2.24, 2.45) is 0 Å². The monoisotopic (exact) mass is 866 g/mol. The molecule has 4 aliphatic heterocycles. The van der Waals surface area contributed by atoms with Crippen molar-refractivity contribution < 1.29 is 0 Å². The topological polar surface area (TPSA) is 56.4 Å². The van der Waals surface area contributed by atoms with E-state index in [1.807, 2.05) is 0 Å². The highest BCUT2D eigenvalue weighted by Gasteiger charge is 2.36. The van der Waals surface area contributed by atoms with Gasteiger partial charge in [-0.1, -0.05) is 206 Å². The van der Waals surface area contributed by atoms with Crippen LogP contribution in [0.5, 0.6) is 0 Å². The van der Waals surface area contributed by atoms with Crippen LogP contribution in [0.15, 0.2) is 206 Å². The second-order valence-electron chi connectivity index (χ2n) is 18.4. The van der Waals surface area contributed by atoms with Crippen molar-refractivity contribution in [1.29, 1.82) is 0 Å². The van der Waals surface area contributed by atoms with E-state index in [0.29, 0.717) is 0 Å². The highest BCUT2D eigenvalue weighted by molar-refractivity contribution is 6.01. The van der Waals surface area contributed by atoms with Crippen molar-refractivity contribution in [3.05, 3.63) is 251 Å². The smallest absolute Gasteiger partial charge is 0.0772 e. The van der Waals surface area contributed by atoms with Gasteiger partial charge < -0.3 is 0 Å². The van der Waals surface area contributed by atoms with Gasteiger partial charge in [-0.05, 0) is 72.3 Å². The lowest BCUT2D eigenvalue weighted by Gasteiger charge is -2.33. The lowest BCUT2D eigenvalue weighted by atomic mass is 9.80. The van der Waals surface area contributed by atoms with Gasteiger partial charge in [0.1, 0.15) is 0 Å². The molecular weight excluding hydrogens is 825 g/mol. The van der Waals surface area contributed by atoms with E-state index in [4.69, 9.17) is 21.3 Å². The molecule has 14 rings (SSSR count). The SMILES string of the molecule is c1ccc(-c2cccc3c2[N]c2c(cc4c(c2-c2ccccc2)[N]c2c(cc5c(c2-c2ccccc2)[N]c2c(cc6c(c2-c2ccccc2)[N]c2c(cccc2-c2ccccc2)C6)C5)C4)C3)cc1. The summed E-state index contributed by atoms with van der Waals surface area (Å²) in [7, 11) is 0. The number of nitrogens with zero attached hydrogens (tertiary/aromatic N) is 4. The lowest BCUT2D eigenvalue weighted by molar-refractivity contribution is 0.958. The summed E-state index contributed by atoms with van der Waals surface area (Å²) in [5.74, 6) is 0. The third kappa shape index (κ3) is 6.22. The molecule has 0 saturated carbocycles. The molecule has 68 heavy (non-hydrogen) atoms. The van der Waals surface area contributed by atoms with Crippen LogP contribution in [0, 0.1) is 0 Å². The van der Waals surface area contributed by atoms with Crippen LogP contribution in [0.25, 0.3) is 55.6 Å². The number of hydrogen-bond donors (Lipinski definition) is 0. The van der Waals surface area contributed by atoms with E-state index in [1.54, 1.807) is 0 Å². The molecule has 4 heteroatoms. The summed E-state index contributed by atoms with van der Waals surface area (Å²) in [5.41, 5.74) is 29.2. The van der Waals surface area contributed by atoms with Crippen molar-refractivity contribution in [3.63, 3.8) is 0 Å². The van der Waals surface area contributed by atoms with Crippen molar-refractivity contribution in [2.45, 2.75) is 25.7 Å². The minimum Gasteiger partial charge on any atom is -0.247 e. The molecule has 0 aromatic heterocycles. The molecule has 0 saturated heterocycles. The molecule has 4 radical (unpaired) electrons. The standard InChI is InChI=1S/C64H42N4/c1-6-18-39(19-7-1)52-30-16-28-44-32-46-34-48-36-50-38-51-37-49-35-47-33-45-29-17-31-53(40-20-8-2-9-21-40)58(45)66-60(47)55(42-24-12-4-13-25-42)62(49)68-64(51)56(43-26-14-5-15-27-43)63(50)67-61(48)54(59(46)65-57(44)52)41-22-10-3-11-23-41/h1-31,34-35,38H,32-33,36-37H2. The summed E-state index contributed by atoms with van der Waals surface area (Å²) in [6, 6.07) is 74.1. The summed E-state index contributed by atoms with van der Waals surface area (Å²) in [6.45, 7) is 0. The van der Waals surface area contributed by atoms with Crippen molar-refractivity contribution in [1.82, 2.24) is 21.3 Å². The summed E-state index contributed by atoms with van der Waals surface area (Å²) >= 11 is 0. The molecule has 318 valence electrons. The van der Waals surface area contributed by atoms with Gasteiger partial charge in [0.05, 0.1) is 45.5 Å². The van der Waals surface area contributed by atoms with Gasteiger partial charge in [0, 0.05) is 53.5 Å². The van der Waals surface area contributed by atoms with Gasteiger partial charge in [-0.15, -0.1) is 0 Å². The van der Waals surface area contributed by atoms with Crippen LogP contribution in [0.3, 0.4) is 0 Å². The first-order chi connectivity index (χ1) is 33.7. The molecule has 10 aromatic rings. The Morgan fingerprint density at radius 2 is 0.456 bits per heavy atom. The maximum absolute atomic E-state index is 5.85. The largest absolute Gasteiger partial charge is 0.247 e. The molecule has 0 unspecified atom stereocenters. The van der Waals surface area contributed by atoms with Crippen LogP contribution >= 0.6 is 0 Å². The van der Waals surface area contributed by atoms with Crippen LogP contribution in [-0.2, 0) is 25.7 Å². The highest BCUT2D eigenvalue weighted by atomic mass is 15.0. The van der Waals surface area contributed by atoms with Gasteiger partial charge in [0.15, 0.2) is 0 Å². The molecule has 4 aliphatic rings. The number of hydrogen-bond acceptors (Lipinski definition) is 0. The van der Waals surface area contributed by atoms with Gasteiger partial charge >= 0.3 is 0 Å². The minimum atomic E-state index is 0.761. The average Bonchev–Trinajstić information content (AvgIpc) is 3.40. The number of benzene rings is 10. The second-order valence-corrected chi connectivity index (χ2v) is 18.4. The third-order valence-electron chi connectivity index (χ3n) is 14.3. The molecule has 4 nitrogen and oxygen atoms in total. The zero-order chi connectivity index (χ0) is 44.7. The van der Waals surface area contributed by atoms with Gasteiger partial charge in [-0.2, -0.15) is 0 Å². The summed E-state index contributed by atoms with van der Waals surface area (Å²) in [6.07, 6.45) is 3.14. The van der Waals surface area contributed by atoms with Gasteiger partial charge in [-0.3, -0.25) is 0 Å². The predicted molar refractivity (Wildman–Crippen MR) is 276 cm³/mol. The Labute approximate surface area is 397 Å². The van der Waals surface area contributed by atoms with Crippen LogP contribution in [0.4, 0.5) is 45.5 Å². The lowest BCUT2D eigenvalue weighted by Crippen LogP contribution is -2.18. The summed E-state index contributed by atoms with van der Waals surface area (Å²) in [4.78, 5) is 0. The van der Waals surface area contributed by atoms with Crippen LogP contribution in [0.2, 0.25) is 0 Å². The highest BCUT2D eigenvalue weighted by Crippen LogP contribution is 2.57. The van der Waals surface area contributed by atoms with Crippen molar-refractivity contribution in [2.75, 3.05) is 0 Å². The predicted octanol–water partition coefficient (Wildman–Crippen LogP) is 15.9. The van der Waals surface area contributed by atoms with Crippen molar-refractivity contribution in [3.8, 4) is 55.6 Å². The Morgan fingerprint density at radius 1 is 0.206 bits per heavy atom.